The van der Waals surface area contributed by atoms with E-state index in [4.69, 9.17) is 10.5 Å². The highest BCUT2D eigenvalue weighted by atomic mass is 16.5. The van der Waals surface area contributed by atoms with E-state index in [9.17, 15) is 4.79 Å². The van der Waals surface area contributed by atoms with E-state index in [1.165, 1.54) is 5.56 Å². The van der Waals surface area contributed by atoms with Crippen LogP contribution in [0.5, 0.6) is 0 Å². The van der Waals surface area contributed by atoms with Gasteiger partial charge in [0.25, 0.3) is 0 Å². The van der Waals surface area contributed by atoms with Crippen molar-refractivity contribution in [2.24, 2.45) is 5.73 Å². The molecule has 3 heteroatoms. The molecule has 0 saturated heterocycles. The van der Waals surface area contributed by atoms with Crippen LogP contribution in [0.4, 0.5) is 0 Å². The first-order valence-corrected chi connectivity index (χ1v) is 5.69. The van der Waals surface area contributed by atoms with Gasteiger partial charge in [-0.25, -0.2) is 0 Å². The highest BCUT2D eigenvalue weighted by Gasteiger charge is 1.95. The molecule has 3 nitrogen and oxygen atoms in total. The van der Waals surface area contributed by atoms with Crippen LogP contribution in [0.1, 0.15) is 31.2 Å². The molecule has 2 N–H and O–H groups in total. The van der Waals surface area contributed by atoms with Gasteiger partial charge in [-0.1, -0.05) is 36.8 Å². The van der Waals surface area contributed by atoms with Crippen LogP contribution in [0.15, 0.2) is 30.3 Å². The average molecular weight is 221 g/mol. The van der Waals surface area contributed by atoms with Crippen molar-refractivity contribution in [3.63, 3.8) is 0 Å². The lowest BCUT2D eigenvalue weighted by molar-refractivity contribution is -0.118. The third-order valence-electron chi connectivity index (χ3n) is 2.32. The summed E-state index contributed by atoms with van der Waals surface area (Å²) >= 11 is 0. The monoisotopic (exact) mass is 221 g/mol. The van der Waals surface area contributed by atoms with Gasteiger partial charge in [0.1, 0.15) is 0 Å². The van der Waals surface area contributed by atoms with Gasteiger partial charge in [-0.2, -0.15) is 0 Å². The third kappa shape index (κ3) is 6.19. The summed E-state index contributed by atoms with van der Waals surface area (Å²) in [5.74, 6) is -0.217. The number of hydrogen-bond acceptors (Lipinski definition) is 2. The quantitative estimate of drug-likeness (QED) is 0.684. The molecule has 0 aromatic heterocycles. The molecule has 0 bridgehead atoms. The Balaban J connectivity index is 1.94. The summed E-state index contributed by atoms with van der Waals surface area (Å²) in [7, 11) is 0. The first-order valence-electron chi connectivity index (χ1n) is 5.69. The van der Waals surface area contributed by atoms with Gasteiger partial charge in [-0.15, -0.1) is 0 Å². The van der Waals surface area contributed by atoms with Crippen LogP contribution in [0.25, 0.3) is 0 Å². The summed E-state index contributed by atoms with van der Waals surface area (Å²) in [4.78, 5) is 10.5. The number of amides is 1. The molecular formula is C13H19NO2. The van der Waals surface area contributed by atoms with E-state index < -0.39 is 0 Å². The van der Waals surface area contributed by atoms with Gasteiger partial charge in [0, 0.05) is 13.0 Å². The molecule has 0 spiro atoms. The highest BCUT2D eigenvalue weighted by Crippen LogP contribution is 2.03. The molecule has 88 valence electrons. The summed E-state index contributed by atoms with van der Waals surface area (Å²) in [5.41, 5.74) is 6.23. The van der Waals surface area contributed by atoms with Gasteiger partial charge in [0.2, 0.25) is 5.91 Å². The number of ether oxygens (including phenoxy) is 1. The summed E-state index contributed by atoms with van der Waals surface area (Å²) in [6.45, 7) is 1.41. The molecule has 0 heterocycles. The summed E-state index contributed by atoms with van der Waals surface area (Å²) in [6.07, 6.45) is 3.33. The number of hydrogen-bond donors (Lipinski definition) is 1. The Kier molecular flexibility index (Phi) is 6.26. The standard InChI is InChI=1S/C13H19NO2/c14-13(15)9-5-2-6-10-16-11-12-7-3-1-4-8-12/h1,3-4,7-8H,2,5-6,9-11H2,(H2,14,15). The van der Waals surface area contributed by atoms with Crippen molar-refractivity contribution in [3.8, 4) is 0 Å². The molecule has 0 aliphatic heterocycles. The Labute approximate surface area is 96.6 Å². The lowest BCUT2D eigenvalue weighted by atomic mass is 10.2. The maximum atomic E-state index is 10.5. The lowest BCUT2D eigenvalue weighted by Gasteiger charge is -2.03. The van der Waals surface area contributed by atoms with Gasteiger partial charge >= 0.3 is 0 Å². The number of rotatable bonds is 8. The largest absolute Gasteiger partial charge is 0.377 e. The molecule has 0 saturated carbocycles. The molecule has 16 heavy (non-hydrogen) atoms. The molecule has 0 unspecified atom stereocenters. The predicted molar refractivity (Wildman–Crippen MR) is 63.8 cm³/mol. The van der Waals surface area contributed by atoms with Crippen molar-refractivity contribution in [1.82, 2.24) is 0 Å². The molecule has 0 fully saturated rings. The lowest BCUT2D eigenvalue weighted by Crippen LogP contribution is -2.09. The molecule has 0 aliphatic carbocycles. The summed E-state index contributed by atoms with van der Waals surface area (Å²) in [5, 5.41) is 0. The smallest absolute Gasteiger partial charge is 0.217 e. The van der Waals surface area contributed by atoms with Gasteiger partial charge in [0.05, 0.1) is 6.61 Å². The number of carbonyl (C=O) groups is 1. The van der Waals surface area contributed by atoms with Crippen LogP contribution in [0, 0.1) is 0 Å². The van der Waals surface area contributed by atoms with Gasteiger partial charge in [0.15, 0.2) is 0 Å². The van der Waals surface area contributed by atoms with Gasteiger partial charge in [-0.05, 0) is 18.4 Å². The Bertz CT molecular complexity index is 298. The van der Waals surface area contributed by atoms with E-state index in [2.05, 4.69) is 0 Å². The fourth-order valence-electron chi connectivity index (χ4n) is 1.44. The zero-order valence-corrected chi connectivity index (χ0v) is 9.52. The van der Waals surface area contributed by atoms with Crippen molar-refractivity contribution >= 4 is 5.91 Å². The molecule has 1 aromatic rings. The molecule has 0 aliphatic rings. The Morgan fingerprint density at radius 2 is 1.88 bits per heavy atom. The van der Waals surface area contributed by atoms with Crippen LogP contribution < -0.4 is 5.73 Å². The molecule has 1 rings (SSSR count). The van der Waals surface area contributed by atoms with Crippen LogP contribution in [-0.4, -0.2) is 12.5 Å². The van der Waals surface area contributed by atoms with Crippen LogP contribution in [0.3, 0.4) is 0 Å². The second kappa shape index (κ2) is 7.88. The van der Waals surface area contributed by atoms with Gasteiger partial charge in [-0.3, -0.25) is 4.79 Å². The van der Waals surface area contributed by atoms with Crippen LogP contribution in [0.2, 0.25) is 0 Å². The average Bonchev–Trinajstić information content (AvgIpc) is 2.29. The topological polar surface area (TPSA) is 52.3 Å². The van der Waals surface area contributed by atoms with E-state index in [1.54, 1.807) is 0 Å². The van der Waals surface area contributed by atoms with Crippen molar-refractivity contribution in [2.75, 3.05) is 6.61 Å². The summed E-state index contributed by atoms with van der Waals surface area (Å²) < 4.78 is 5.51. The summed E-state index contributed by atoms with van der Waals surface area (Å²) in [6, 6.07) is 10.1. The normalized spacial score (nSPS) is 10.2. The van der Waals surface area contributed by atoms with E-state index in [1.807, 2.05) is 30.3 Å². The van der Waals surface area contributed by atoms with Crippen LogP contribution in [-0.2, 0) is 16.1 Å². The molecule has 1 amide bonds. The van der Waals surface area contributed by atoms with E-state index >= 15 is 0 Å². The fourth-order valence-corrected chi connectivity index (χ4v) is 1.44. The van der Waals surface area contributed by atoms with Gasteiger partial charge < -0.3 is 10.5 Å². The number of unbranched alkanes of at least 4 members (excludes halogenated alkanes) is 2. The minimum absolute atomic E-state index is 0.217. The zero-order chi connectivity index (χ0) is 11.6. The second-order valence-electron chi connectivity index (χ2n) is 3.82. The minimum atomic E-state index is -0.217. The van der Waals surface area contributed by atoms with Crippen molar-refractivity contribution in [2.45, 2.75) is 32.3 Å². The third-order valence-corrected chi connectivity index (χ3v) is 2.32. The van der Waals surface area contributed by atoms with E-state index in [-0.39, 0.29) is 5.91 Å². The number of nitrogens with two attached hydrogens (primary N) is 1. The van der Waals surface area contributed by atoms with Crippen molar-refractivity contribution < 1.29 is 9.53 Å². The van der Waals surface area contributed by atoms with Crippen LogP contribution >= 0.6 is 0 Å². The Morgan fingerprint density at radius 3 is 2.56 bits per heavy atom. The second-order valence-corrected chi connectivity index (χ2v) is 3.82. The number of benzene rings is 1. The molecular weight excluding hydrogens is 202 g/mol. The number of primary amides is 1. The molecule has 1 aromatic carbocycles. The first-order chi connectivity index (χ1) is 7.79. The van der Waals surface area contributed by atoms with Crippen molar-refractivity contribution in [3.05, 3.63) is 35.9 Å². The highest BCUT2D eigenvalue weighted by molar-refractivity contribution is 5.73. The molecule has 0 radical (unpaired) electrons. The fraction of sp³-hybridized carbons (Fsp3) is 0.462. The molecule has 0 atom stereocenters. The number of carbonyl (C=O) groups excluding carboxylic acids is 1. The Morgan fingerprint density at radius 1 is 1.12 bits per heavy atom. The van der Waals surface area contributed by atoms with E-state index in [0.717, 1.165) is 25.9 Å². The van der Waals surface area contributed by atoms with Crippen molar-refractivity contribution in [1.29, 1.82) is 0 Å². The maximum Gasteiger partial charge on any atom is 0.217 e. The van der Waals surface area contributed by atoms with E-state index in [0.29, 0.717) is 13.0 Å². The first kappa shape index (κ1) is 12.7. The zero-order valence-electron chi connectivity index (χ0n) is 9.52. The SMILES string of the molecule is NC(=O)CCCCCOCc1ccccc1. The minimum Gasteiger partial charge on any atom is -0.377 e. The predicted octanol–water partition coefficient (Wildman–Crippen LogP) is 2.25. The Hall–Kier alpha value is -1.35. The maximum absolute atomic E-state index is 10.5.